The fraction of sp³-hybridized carbons (Fsp3) is 0.353. The summed E-state index contributed by atoms with van der Waals surface area (Å²) in [4.78, 5) is 17.3. The van der Waals surface area contributed by atoms with Crippen molar-refractivity contribution in [2.45, 2.75) is 30.7 Å². The van der Waals surface area contributed by atoms with Crippen molar-refractivity contribution in [2.24, 2.45) is 0 Å². The third kappa shape index (κ3) is 3.16. The van der Waals surface area contributed by atoms with Gasteiger partial charge in [0.1, 0.15) is 0 Å². The summed E-state index contributed by atoms with van der Waals surface area (Å²) in [7, 11) is 0. The Hall–Kier alpha value is -1.26. The number of thiophene rings is 1. The minimum atomic E-state index is 0.257. The Labute approximate surface area is 134 Å². The molecule has 1 amide bonds. The molecule has 2 heterocycles. The number of amides is 1. The average molecular weight is 317 g/mol. The van der Waals surface area contributed by atoms with E-state index in [1.807, 2.05) is 29.5 Å². The molecule has 1 atom stereocenters. The monoisotopic (exact) mass is 317 g/mol. The van der Waals surface area contributed by atoms with Gasteiger partial charge >= 0.3 is 0 Å². The fourth-order valence-electron chi connectivity index (χ4n) is 2.88. The number of thioether (sulfide) groups is 1. The highest BCUT2D eigenvalue weighted by Gasteiger charge is 2.29. The summed E-state index contributed by atoms with van der Waals surface area (Å²) in [6.45, 7) is 3.03. The lowest BCUT2D eigenvalue weighted by molar-refractivity contribution is -0.131. The van der Waals surface area contributed by atoms with E-state index in [9.17, 15) is 4.79 Å². The first-order chi connectivity index (χ1) is 10.3. The lowest BCUT2D eigenvalue weighted by Crippen LogP contribution is -2.40. The molecule has 0 aliphatic carbocycles. The first kappa shape index (κ1) is 14.7. The quantitative estimate of drug-likeness (QED) is 0.780. The van der Waals surface area contributed by atoms with Crippen molar-refractivity contribution >= 4 is 29.0 Å². The molecule has 0 saturated heterocycles. The summed E-state index contributed by atoms with van der Waals surface area (Å²) in [5.74, 6) is 0.785. The number of rotatable bonds is 4. The summed E-state index contributed by atoms with van der Waals surface area (Å²) in [6, 6.07) is 12.6. The Kier molecular flexibility index (Phi) is 4.66. The van der Waals surface area contributed by atoms with E-state index in [1.165, 1.54) is 10.4 Å². The number of carbonyl (C=O) groups is 1. The number of hydrogen-bond donors (Lipinski definition) is 0. The third-order valence-electron chi connectivity index (χ3n) is 3.91. The zero-order valence-electron chi connectivity index (χ0n) is 12.1. The van der Waals surface area contributed by atoms with Crippen molar-refractivity contribution in [1.82, 2.24) is 4.90 Å². The second-order valence-corrected chi connectivity index (χ2v) is 7.21. The topological polar surface area (TPSA) is 20.3 Å². The Balaban J connectivity index is 1.67. The van der Waals surface area contributed by atoms with E-state index in [0.29, 0.717) is 5.75 Å². The van der Waals surface area contributed by atoms with Gasteiger partial charge in [0.15, 0.2) is 0 Å². The Morgan fingerprint density at radius 3 is 2.90 bits per heavy atom. The molecule has 4 heteroatoms. The summed E-state index contributed by atoms with van der Waals surface area (Å²) in [5.41, 5.74) is 1.37. The van der Waals surface area contributed by atoms with Gasteiger partial charge in [-0.25, -0.2) is 0 Å². The highest BCUT2D eigenvalue weighted by atomic mass is 32.2. The first-order valence-electron chi connectivity index (χ1n) is 7.33. The molecule has 1 aliphatic rings. The molecule has 0 saturated carbocycles. The zero-order chi connectivity index (χ0) is 14.7. The van der Waals surface area contributed by atoms with Crippen LogP contribution < -0.4 is 0 Å². The van der Waals surface area contributed by atoms with Crippen LogP contribution in [0.15, 0.2) is 46.7 Å². The summed E-state index contributed by atoms with van der Waals surface area (Å²) < 4.78 is 0. The van der Waals surface area contributed by atoms with Crippen LogP contribution in [0.1, 0.15) is 29.8 Å². The Bertz CT molecular complexity index is 608. The SMILES string of the molecule is CCC1c2ccsc2CCN1C(=O)CSc1ccccc1. The van der Waals surface area contributed by atoms with E-state index in [2.05, 4.69) is 35.4 Å². The molecule has 0 spiro atoms. The minimum Gasteiger partial charge on any atom is -0.335 e. The molecule has 2 nitrogen and oxygen atoms in total. The molecule has 1 aromatic carbocycles. The van der Waals surface area contributed by atoms with E-state index in [0.717, 1.165) is 24.3 Å². The zero-order valence-corrected chi connectivity index (χ0v) is 13.8. The smallest absolute Gasteiger partial charge is 0.233 e. The second-order valence-electron chi connectivity index (χ2n) is 5.16. The van der Waals surface area contributed by atoms with Crippen LogP contribution in [0.25, 0.3) is 0 Å². The van der Waals surface area contributed by atoms with Crippen molar-refractivity contribution < 1.29 is 4.79 Å². The average Bonchev–Trinajstić information content (AvgIpc) is 3.01. The van der Waals surface area contributed by atoms with Gasteiger partial charge in [-0.05, 0) is 42.0 Å². The molecule has 1 aliphatic heterocycles. The normalized spacial score (nSPS) is 17.6. The minimum absolute atomic E-state index is 0.257. The van der Waals surface area contributed by atoms with Crippen molar-refractivity contribution in [3.63, 3.8) is 0 Å². The van der Waals surface area contributed by atoms with Crippen molar-refractivity contribution in [1.29, 1.82) is 0 Å². The highest BCUT2D eigenvalue weighted by molar-refractivity contribution is 8.00. The largest absolute Gasteiger partial charge is 0.335 e. The third-order valence-corrected chi connectivity index (χ3v) is 5.90. The van der Waals surface area contributed by atoms with Gasteiger partial charge in [0, 0.05) is 16.3 Å². The standard InChI is InChI=1S/C17H19NOS2/c1-2-15-14-9-11-20-16(14)8-10-18(15)17(19)12-21-13-6-4-3-5-7-13/h3-7,9,11,15H,2,8,10,12H2,1H3. The molecule has 1 aromatic heterocycles. The molecule has 3 rings (SSSR count). The van der Waals surface area contributed by atoms with Gasteiger partial charge in [-0.15, -0.1) is 23.1 Å². The maximum Gasteiger partial charge on any atom is 0.233 e. The molecule has 1 unspecified atom stereocenters. The van der Waals surface area contributed by atoms with Crippen molar-refractivity contribution in [3.05, 3.63) is 52.2 Å². The van der Waals surface area contributed by atoms with Crippen molar-refractivity contribution in [2.75, 3.05) is 12.3 Å². The summed E-state index contributed by atoms with van der Waals surface area (Å²) in [6.07, 6.45) is 2.00. The van der Waals surface area contributed by atoms with E-state index in [4.69, 9.17) is 0 Å². The Morgan fingerprint density at radius 2 is 2.14 bits per heavy atom. The summed E-state index contributed by atoms with van der Waals surface area (Å²) in [5, 5.41) is 2.15. The van der Waals surface area contributed by atoms with Crippen LogP contribution in [-0.4, -0.2) is 23.1 Å². The predicted molar refractivity (Wildman–Crippen MR) is 89.9 cm³/mol. The molecule has 0 radical (unpaired) electrons. The molecule has 2 aromatic rings. The lowest BCUT2D eigenvalue weighted by Gasteiger charge is -2.35. The van der Waals surface area contributed by atoms with Crippen LogP contribution in [0.5, 0.6) is 0 Å². The van der Waals surface area contributed by atoms with Gasteiger partial charge in [-0.1, -0.05) is 25.1 Å². The maximum absolute atomic E-state index is 12.6. The van der Waals surface area contributed by atoms with Gasteiger partial charge in [-0.2, -0.15) is 0 Å². The van der Waals surface area contributed by atoms with E-state index in [-0.39, 0.29) is 11.9 Å². The van der Waals surface area contributed by atoms with Crippen LogP contribution >= 0.6 is 23.1 Å². The van der Waals surface area contributed by atoms with Gasteiger partial charge in [0.05, 0.1) is 11.8 Å². The Morgan fingerprint density at radius 1 is 1.33 bits per heavy atom. The van der Waals surface area contributed by atoms with Gasteiger partial charge in [0.25, 0.3) is 0 Å². The molecule has 0 fully saturated rings. The number of nitrogens with zero attached hydrogens (tertiary/aromatic N) is 1. The molecule has 110 valence electrons. The first-order valence-corrected chi connectivity index (χ1v) is 9.19. The van der Waals surface area contributed by atoms with Gasteiger partial charge in [0.2, 0.25) is 5.91 Å². The van der Waals surface area contributed by atoms with Gasteiger partial charge < -0.3 is 4.90 Å². The van der Waals surface area contributed by atoms with Gasteiger partial charge in [-0.3, -0.25) is 4.79 Å². The fourth-order valence-corrected chi connectivity index (χ4v) is 4.61. The van der Waals surface area contributed by atoms with Crippen LogP contribution in [0.4, 0.5) is 0 Å². The summed E-state index contributed by atoms with van der Waals surface area (Å²) >= 11 is 3.45. The van der Waals surface area contributed by atoms with E-state index >= 15 is 0 Å². The van der Waals surface area contributed by atoms with E-state index < -0.39 is 0 Å². The second kappa shape index (κ2) is 6.67. The number of hydrogen-bond acceptors (Lipinski definition) is 3. The highest BCUT2D eigenvalue weighted by Crippen LogP contribution is 2.35. The van der Waals surface area contributed by atoms with E-state index in [1.54, 1.807) is 11.8 Å². The van der Waals surface area contributed by atoms with Crippen LogP contribution in [-0.2, 0) is 11.2 Å². The number of carbonyl (C=O) groups excluding carboxylic acids is 1. The molecular formula is C17H19NOS2. The van der Waals surface area contributed by atoms with Crippen LogP contribution in [0, 0.1) is 0 Å². The van der Waals surface area contributed by atoms with Crippen LogP contribution in [0.2, 0.25) is 0 Å². The van der Waals surface area contributed by atoms with Crippen molar-refractivity contribution in [3.8, 4) is 0 Å². The maximum atomic E-state index is 12.6. The lowest BCUT2D eigenvalue weighted by atomic mass is 9.98. The number of fused-ring (bicyclic) bond motifs is 1. The number of benzene rings is 1. The molecule has 0 N–H and O–H groups in total. The molecular weight excluding hydrogens is 298 g/mol. The predicted octanol–water partition coefficient (Wildman–Crippen LogP) is 4.38. The molecule has 0 bridgehead atoms. The van der Waals surface area contributed by atoms with Crippen LogP contribution in [0.3, 0.4) is 0 Å². The molecule has 21 heavy (non-hydrogen) atoms.